The number of amides is 1. The number of pyridine rings is 1. The number of hydrogen-bond donors (Lipinski definition) is 1. The van der Waals surface area contributed by atoms with Crippen LogP contribution in [0.1, 0.15) is 32.8 Å². The van der Waals surface area contributed by atoms with Crippen molar-refractivity contribution in [2.24, 2.45) is 5.16 Å². The second-order valence-corrected chi connectivity index (χ2v) is 6.77. The average Bonchev–Trinajstić information content (AvgIpc) is 2.68. The molecule has 1 heterocycles. The van der Waals surface area contributed by atoms with Gasteiger partial charge in [0.15, 0.2) is 6.10 Å². The van der Waals surface area contributed by atoms with Gasteiger partial charge in [-0.25, -0.2) is 0 Å². The molecule has 0 aliphatic carbocycles. The molecule has 1 amide bonds. The van der Waals surface area contributed by atoms with Gasteiger partial charge in [0.2, 0.25) is 0 Å². The highest BCUT2D eigenvalue weighted by molar-refractivity contribution is 5.86. The number of fused-ring (bicyclic) bond motifs is 1. The van der Waals surface area contributed by atoms with Gasteiger partial charge in [-0.1, -0.05) is 30.7 Å². The highest BCUT2D eigenvalue weighted by Crippen LogP contribution is 2.22. The topological polar surface area (TPSA) is 72.8 Å². The van der Waals surface area contributed by atoms with Gasteiger partial charge in [-0.05, 0) is 44.5 Å². The first-order valence-corrected chi connectivity index (χ1v) is 9.01. The molecule has 2 aromatic rings. The van der Waals surface area contributed by atoms with E-state index in [1.54, 1.807) is 18.3 Å². The third-order valence-electron chi connectivity index (χ3n) is 3.85. The number of carbonyl (C=O) groups excluding carboxylic acids is 1. The standard InChI is InChI=1S/C22H25N3O3/c1-6-11-27-24-15-22(4,5)25-21(26)20(8-3)28-18-9-10-19-17(13-18)12-16(7-2)14-23-19/h2,6,9-10,12-15,20H,1,8,11H2,3-5H3,(H,25,26). The molecule has 1 aromatic heterocycles. The molecule has 0 aliphatic heterocycles. The predicted octanol–water partition coefficient (Wildman–Crippen LogP) is 3.46. The van der Waals surface area contributed by atoms with E-state index in [1.165, 1.54) is 6.21 Å². The zero-order valence-electron chi connectivity index (χ0n) is 16.4. The van der Waals surface area contributed by atoms with Crippen LogP contribution < -0.4 is 10.1 Å². The van der Waals surface area contributed by atoms with Crippen LogP contribution in [0.15, 0.2) is 48.3 Å². The van der Waals surface area contributed by atoms with Crippen molar-refractivity contribution in [3.8, 4) is 18.1 Å². The van der Waals surface area contributed by atoms with Crippen LogP contribution in [-0.2, 0) is 9.63 Å². The van der Waals surface area contributed by atoms with Gasteiger partial charge in [0, 0.05) is 17.1 Å². The van der Waals surface area contributed by atoms with E-state index in [4.69, 9.17) is 16.0 Å². The Morgan fingerprint density at radius 3 is 2.93 bits per heavy atom. The van der Waals surface area contributed by atoms with E-state index >= 15 is 0 Å². The molecule has 146 valence electrons. The number of oxime groups is 1. The van der Waals surface area contributed by atoms with E-state index < -0.39 is 11.6 Å². The van der Waals surface area contributed by atoms with Gasteiger partial charge in [-0.2, -0.15) is 0 Å². The van der Waals surface area contributed by atoms with Crippen molar-refractivity contribution in [1.29, 1.82) is 0 Å². The molecule has 6 nitrogen and oxygen atoms in total. The molecule has 0 saturated carbocycles. The Kier molecular flexibility index (Phi) is 7.16. The molecule has 0 spiro atoms. The Morgan fingerprint density at radius 2 is 2.25 bits per heavy atom. The fourth-order valence-corrected chi connectivity index (χ4v) is 2.44. The van der Waals surface area contributed by atoms with Crippen molar-refractivity contribution in [2.45, 2.75) is 38.8 Å². The van der Waals surface area contributed by atoms with Crippen molar-refractivity contribution in [1.82, 2.24) is 10.3 Å². The Bertz CT molecular complexity index is 913. The van der Waals surface area contributed by atoms with E-state index in [-0.39, 0.29) is 5.91 Å². The number of carbonyl (C=O) groups is 1. The summed E-state index contributed by atoms with van der Waals surface area (Å²) in [6.07, 6.45) is 10.1. The minimum Gasteiger partial charge on any atom is -0.481 e. The van der Waals surface area contributed by atoms with Crippen molar-refractivity contribution in [3.05, 3.63) is 48.7 Å². The molecule has 0 radical (unpaired) electrons. The molecule has 1 aromatic carbocycles. The Morgan fingerprint density at radius 1 is 1.46 bits per heavy atom. The van der Waals surface area contributed by atoms with Gasteiger partial charge in [-0.3, -0.25) is 9.78 Å². The monoisotopic (exact) mass is 379 g/mol. The normalized spacial score (nSPS) is 12.4. The van der Waals surface area contributed by atoms with Gasteiger partial charge in [-0.15, -0.1) is 6.42 Å². The highest BCUT2D eigenvalue weighted by Gasteiger charge is 2.25. The molecule has 0 bridgehead atoms. The summed E-state index contributed by atoms with van der Waals surface area (Å²) in [6, 6.07) is 7.31. The fraction of sp³-hybridized carbons (Fsp3) is 0.318. The summed E-state index contributed by atoms with van der Waals surface area (Å²) in [7, 11) is 0. The first-order valence-electron chi connectivity index (χ1n) is 9.01. The van der Waals surface area contributed by atoms with Gasteiger partial charge in [0.05, 0.1) is 17.3 Å². The van der Waals surface area contributed by atoms with E-state index in [0.29, 0.717) is 24.3 Å². The zero-order chi connectivity index (χ0) is 20.6. The summed E-state index contributed by atoms with van der Waals surface area (Å²) < 4.78 is 5.92. The summed E-state index contributed by atoms with van der Waals surface area (Å²) in [5.41, 5.74) is 0.805. The molecule has 1 unspecified atom stereocenters. The number of nitrogens with one attached hydrogen (secondary N) is 1. The lowest BCUT2D eigenvalue weighted by Gasteiger charge is -2.25. The predicted molar refractivity (Wildman–Crippen MR) is 111 cm³/mol. The van der Waals surface area contributed by atoms with Gasteiger partial charge in [0.25, 0.3) is 5.91 Å². The van der Waals surface area contributed by atoms with Crippen LogP contribution in [0.25, 0.3) is 10.9 Å². The Balaban J connectivity index is 2.09. The zero-order valence-corrected chi connectivity index (χ0v) is 16.4. The molecule has 0 aliphatic rings. The van der Waals surface area contributed by atoms with Crippen LogP contribution >= 0.6 is 0 Å². The number of terminal acetylenes is 1. The van der Waals surface area contributed by atoms with Crippen molar-refractivity contribution in [3.63, 3.8) is 0 Å². The molecule has 0 fully saturated rings. The van der Waals surface area contributed by atoms with E-state index in [1.807, 2.05) is 39.0 Å². The number of ether oxygens (including phenoxy) is 1. The Hall–Kier alpha value is -3.33. The van der Waals surface area contributed by atoms with Gasteiger partial charge in [0.1, 0.15) is 12.4 Å². The van der Waals surface area contributed by atoms with Crippen molar-refractivity contribution >= 4 is 23.0 Å². The SMILES string of the molecule is C#Cc1cnc2ccc(OC(CC)C(=O)NC(C)(C)C=NOCC=C)cc2c1. The molecular weight excluding hydrogens is 354 g/mol. The summed E-state index contributed by atoms with van der Waals surface area (Å²) in [5, 5.41) is 7.59. The third kappa shape index (κ3) is 5.85. The van der Waals surface area contributed by atoms with Crippen LogP contribution in [0.2, 0.25) is 0 Å². The fourth-order valence-electron chi connectivity index (χ4n) is 2.44. The van der Waals surface area contributed by atoms with Crippen LogP contribution in [0.5, 0.6) is 5.75 Å². The quantitative estimate of drug-likeness (QED) is 0.238. The average molecular weight is 379 g/mol. The highest BCUT2D eigenvalue weighted by atomic mass is 16.6. The lowest BCUT2D eigenvalue weighted by molar-refractivity contribution is -0.129. The van der Waals surface area contributed by atoms with E-state index in [9.17, 15) is 4.79 Å². The van der Waals surface area contributed by atoms with Crippen LogP contribution in [-0.4, -0.2) is 35.4 Å². The second-order valence-electron chi connectivity index (χ2n) is 6.77. The molecule has 1 atom stereocenters. The molecule has 28 heavy (non-hydrogen) atoms. The number of aromatic nitrogens is 1. The van der Waals surface area contributed by atoms with Crippen molar-refractivity contribution < 1.29 is 14.4 Å². The first-order chi connectivity index (χ1) is 13.4. The number of rotatable bonds is 9. The van der Waals surface area contributed by atoms with Crippen LogP contribution in [0.4, 0.5) is 0 Å². The number of benzene rings is 1. The third-order valence-corrected chi connectivity index (χ3v) is 3.85. The molecule has 1 N–H and O–H groups in total. The molecule has 0 saturated heterocycles. The van der Waals surface area contributed by atoms with Crippen LogP contribution in [0.3, 0.4) is 0 Å². The number of hydrogen-bond acceptors (Lipinski definition) is 5. The van der Waals surface area contributed by atoms with Crippen LogP contribution in [0, 0.1) is 12.3 Å². The molecule has 6 heteroatoms. The van der Waals surface area contributed by atoms with Gasteiger partial charge >= 0.3 is 0 Å². The maximum absolute atomic E-state index is 12.7. The lowest BCUT2D eigenvalue weighted by Crippen LogP contribution is -2.50. The Labute approximate surface area is 165 Å². The minimum atomic E-state index is -0.690. The van der Waals surface area contributed by atoms with E-state index in [2.05, 4.69) is 28.0 Å². The largest absolute Gasteiger partial charge is 0.481 e. The summed E-state index contributed by atoms with van der Waals surface area (Å²) in [5.74, 6) is 2.90. The van der Waals surface area contributed by atoms with E-state index in [0.717, 1.165) is 10.9 Å². The number of nitrogens with zero attached hydrogens (tertiary/aromatic N) is 2. The second kappa shape index (κ2) is 9.56. The summed E-state index contributed by atoms with van der Waals surface area (Å²) in [4.78, 5) is 22.0. The van der Waals surface area contributed by atoms with Gasteiger partial charge < -0.3 is 14.9 Å². The first kappa shape index (κ1) is 21.0. The lowest BCUT2D eigenvalue weighted by atomic mass is 10.1. The summed E-state index contributed by atoms with van der Waals surface area (Å²) in [6.45, 7) is 9.38. The van der Waals surface area contributed by atoms with Crippen molar-refractivity contribution in [2.75, 3.05) is 6.61 Å². The molecular formula is C22H25N3O3. The molecule has 2 rings (SSSR count). The minimum absolute atomic E-state index is 0.238. The maximum Gasteiger partial charge on any atom is 0.261 e. The summed E-state index contributed by atoms with van der Waals surface area (Å²) >= 11 is 0. The maximum atomic E-state index is 12.7. The smallest absolute Gasteiger partial charge is 0.261 e.